The Bertz CT molecular complexity index is 571. The van der Waals surface area contributed by atoms with Crippen molar-refractivity contribution in [1.82, 2.24) is 0 Å². The summed E-state index contributed by atoms with van der Waals surface area (Å²) in [5, 5.41) is 0.109. The maximum Gasteiger partial charge on any atom is 0.229 e. The van der Waals surface area contributed by atoms with Gasteiger partial charge in [0.2, 0.25) is 10.0 Å². The first-order valence-corrected chi connectivity index (χ1v) is 7.14. The number of nitrogens with two attached hydrogens (primary N) is 1. The van der Waals surface area contributed by atoms with E-state index in [4.69, 9.17) is 22.1 Å². The van der Waals surface area contributed by atoms with Gasteiger partial charge in [0.25, 0.3) is 0 Å². The molecule has 8 heteroatoms. The van der Waals surface area contributed by atoms with E-state index in [2.05, 4.69) is 4.72 Å². The minimum Gasteiger partial charge on any atom is -0.495 e. The molecule has 0 saturated heterocycles. The molecule has 0 aliphatic heterocycles. The summed E-state index contributed by atoms with van der Waals surface area (Å²) < 4.78 is 29.6. The van der Waals surface area contributed by atoms with Gasteiger partial charge in [-0.15, -0.1) is 0 Å². The van der Waals surface area contributed by atoms with E-state index in [1.807, 2.05) is 0 Å². The van der Waals surface area contributed by atoms with Crippen molar-refractivity contribution in [2.45, 2.75) is 0 Å². The van der Waals surface area contributed by atoms with Crippen LogP contribution < -0.4 is 15.2 Å². The van der Waals surface area contributed by atoms with Gasteiger partial charge < -0.3 is 10.5 Å². The fourth-order valence-corrected chi connectivity index (χ4v) is 2.15. The van der Waals surface area contributed by atoms with E-state index in [9.17, 15) is 13.2 Å². The smallest absolute Gasteiger partial charge is 0.229 e. The normalized spacial score (nSPS) is 11.1. The highest BCUT2D eigenvalue weighted by Gasteiger charge is 2.16. The lowest BCUT2D eigenvalue weighted by Gasteiger charge is -2.12. The summed E-state index contributed by atoms with van der Waals surface area (Å²) in [5.74, 6) is -0.161. The molecule has 0 fully saturated rings. The number of hydrogen-bond acceptors (Lipinski definition) is 5. The third-order valence-corrected chi connectivity index (χ3v) is 2.97. The largest absolute Gasteiger partial charge is 0.495 e. The van der Waals surface area contributed by atoms with E-state index in [-0.39, 0.29) is 34.4 Å². The average molecular weight is 293 g/mol. The van der Waals surface area contributed by atoms with Gasteiger partial charge in [0, 0.05) is 5.56 Å². The van der Waals surface area contributed by atoms with Gasteiger partial charge >= 0.3 is 0 Å². The zero-order valence-electron chi connectivity index (χ0n) is 9.86. The number of hydrogen-bond donors (Lipinski definition) is 2. The lowest BCUT2D eigenvalue weighted by atomic mass is 10.1. The van der Waals surface area contributed by atoms with Gasteiger partial charge in [-0.25, -0.2) is 8.42 Å². The van der Waals surface area contributed by atoms with E-state index in [1.165, 1.54) is 19.2 Å². The average Bonchev–Trinajstić information content (AvgIpc) is 2.26. The van der Waals surface area contributed by atoms with Crippen molar-refractivity contribution in [2.75, 3.05) is 24.6 Å². The van der Waals surface area contributed by atoms with Crippen molar-refractivity contribution in [3.8, 4) is 5.75 Å². The van der Waals surface area contributed by atoms with Gasteiger partial charge in [-0.1, -0.05) is 11.6 Å². The van der Waals surface area contributed by atoms with Crippen molar-refractivity contribution in [2.24, 2.45) is 5.73 Å². The highest BCUT2D eigenvalue weighted by Crippen LogP contribution is 2.32. The number of sulfonamides is 1. The van der Waals surface area contributed by atoms with E-state index in [0.29, 0.717) is 0 Å². The molecule has 0 saturated carbocycles. The third kappa shape index (κ3) is 3.59. The van der Waals surface area contributed by atoms with Crippen LogP contribution in [0.5, 0.6) is 5.75 Å². The summed E-state index contributed by atoms with van der Waals surface area (Å²) in [6.07, 6.45) is 0.999. The number of rotatable bonds is 5. The van der Waals surface area contributed by atoms with Gasteiger partial charge in [0.05, 0.1) is 30.6 Å². The summed E-state index contributed by atoms with van der Waals surface area (Å²) >= 11 is 5.89. The Hall–Kier alpha value is -1.31. The Balaban J connectivity index is 3.31. The number of halogens is 1. The molecule has 0 aromatic heterocycles. The lowest BCUT2D eigenvalue weighted by Crippen LogP contribution is -2.15. The first-order chi connectivity index (χ1) is 8.28. The summed E-state index contributed by atoms with van der Waals surface area (Å²) in [6.45, 7) is -0.193. The maximum atomic E-state index is 11.5. The Labute approximate surface area is 110 Å². The van der Waals surface area contributed by atoms with Gasteiger partial charge in [0.15, 0.2) is 5.78 Å². The molecule has 100 valence electrons. The zero-order valence-corrected chi connectivity index (χ0v) is 11.4. The molecule has 0 atom stereocenters. The monoisotopic (exact) mass is 292 g/mol. The molecule has 1 aromatic carbocycles. The molecule has 6 nitrogen and oxygen atoms in total. The lowest BCUT2D eigenvalue weighted by molar-refractivity contribution is 0.100. The molecule has 1 aromatic rings. The van der Waals surface area contributed by atoms with Crippen LogP contribution in [0.3, 0.4) is 0 Å². The molecule has 0 radical (unpaired) electrons. The van der Waals surface area contributed by atoms with Crippen LogP contribution >= 0.6 is 11.6 Å². The van der Waals surface area contributed by atoms with Crippen LogP contribution in [0.2, 0.25) is 5.02 Å². The Morgan fingerprint density at radius 2 is 2.11 bits per heavy atom. The summed E-state index contributed by atoms with van der Waals surface area (Å²) in [4.78, 5) is 11.5. The van der Waals surface area contributed by atoms with Crippen LogP contribution in [0.4, 0.5) is 5.69 Å². The van der Waals surface area contributed by atoms with Crippen LogP contribution in [0.1, 0.15) is 10.4 Å². The second-order valence-electron chi connectivity index (χ2n) is 3.53. The van der Waals surface area contributed by atoms with Crippen molar-refractivity contribution in [3.05, 3.63) is 22.7 Å². The second-order valence-corrected chi connectivity index (χ2v) is 5.69. The van der Waals surface area contributed by atoms with Gasteiger partial charge in [-0.05, 0) is 12.1 Å². The molecule has 0 amide bonds. The molecule has 0 aliphatic rings. The molecular formula is C10H13ClN2O4S. The number of ketones is 1. The molecule has 0 bridgehead atoms. The van der Waals surface area contributed by atoms with E-state index in [0.717, 1.165) is 6.26 Å². The second kappa shape index (κ2) is 5.55. The molecule has 0 unspecified atom stereocenters. The Morgan fingerprint density at radius 3 is 2.56 bits per heavy atom. The molecule has 18 heavy (non-hydrogen) atoms. The van der Waals surface area contributed by atoms with Crippen LogP contribution in [0.25, 0.3) is 0 Å². The molecular weight excluding hydrogens is 280 g/mol. The summed E-state index contributed by atoms with van der Waals surface area (Å²) in [5.41, 5.74) is 5.60. The first kappa shape index (κ1) is 14.7. The quantitative estimate of drug-likeness (QED) is 0.784. The van der Waals surface area contributed by atoms with E-state index in [1.54, 1.807) is 0 Å². The van der Waals surface area contributed by atoms with Crippen molar-refractivity contribution in [3.63, 3.8) is 0 Å². The molecule has 1 rings (SSSR count). The third-order valence-electron chi connectivity index (χ3n) is 2.07. The van der Waals surface area contributed by atoms with Gasteiger partial charge in [-0.2, -0.15) is 0 Å². The number of carbonyl (C=O) groups is 1. The highest BCUT2D eigenvalue weighted by atomic mass is 35.5. The van der Waals surface area contributed by atoms with Crippen LogP contribution in [0.15, 0.2) is 12.1 Å². The molecule has 0 spiro atoms. The van der Waals surface area contributed by atoms with Crippen molar-refractivity contribution in [1.29, 1.82) is 0 Å². The van der Waals surface area contributed by atoms with Gasteiger partial charge in [0.1, 0.15) is 5.75 Å². The SMILES string of the molecule is COc1cc(C(=O)CN)c(Cl)cc1NS(C)(=O)=O. The number of Topliss-reactive ketones (excluding diaryl/α,β-unsaturated/α-hetero) is 1. The van der Waals surface area contributed by atoms with Gasteiger partial charge in [-0.3, -0.25) is 9.52 Å². The number of anilines is 1. The number of nitrogens with one attached hydrogen (secondary N) is 1. The van der Waals surface area contributed by atoms with E-state index >= 15 is 0 Å². The van der Waals surface area contributed by atoms with Crippen molar-refractivity contribution >= 4 is 33.1 Å². The van der Waals surface area contributed by atoms with E-state index < -0.39 is 10.0 Å². The minimum atomic E-state index is -3.46. The topological polar surface area (TPSA) is 98.5 Å². The number of methoxy groups -OCH3 is 1. The number of benzene rings is 1. The minimum absolute atomic E-state index is 0.109. The standard InChI is InChI=1S/C10H13ClN2O4S/c1-17-10-3-6(9(14)5-12)7(11)4-8(10)13-18(2,15)16/h3-4,13H,5,12H2,1-2H3. The van der Waals surface area contributed by atoms with Crippen LogP contribution in [-0.4, -0.2) is 34.1 Å². The van der Waals surface area contributed by atoms with Crippen molar-refractivity contribution < 1.29 is 17.9 Å². The Morgan fingerprint density at radius 1 is 1.50 bits per heavy atom. The highest BCUT2D eigenvalue weighted by molar-refractivity contribution is 7.92. The predicted molar refractivity (Wildman–Crippen MR) is 69.9 cm³/mol. The molecule has 0 heterocycles. The molecule has 3 N–H and O–H groups in total. The summed E-state index contributed by atoms with van der Waals surface area (Å²) in [6, 6.07) is 2.66. The number of carbonyl (C=O) groups excluding carboxylic acids is 1. The van der Waals surface area contributed by atoms with Crippen LogP contribution in [-0.2, 0) is 10.0 Å². The molecule has 0 aliphatic carbocycles. The van der Waals surface area contributed by atoms with Crippen LogP contribution in [0, 0.1) is 0 Å². The summed E-state index contributed by atoms with van der Waals surface area (Å²) in [7, 11) is -2.11. The first-order valence-electron chi connectivity index (χ1n) is 4.87. The number of ether oxygens (including phenoxy) is 1. The zero-order chi connectivity index (χ0) is 13.9. The fourth-order valence-electron chi connectivity index (χ4n) is 1.33. The Kier molecular flexibility index (Phi) is 4.55. The fraction of sp³-hybridized carbons (Fsp3) is 0.300. The maximum absolute atomic E-state index is 11.5. The predicted octanol–water partition coefficient (Wildman–Crippen LogP) is 0.862.